The van der Waals surface area contributed by atoms with Crippen LogP contribution in [-0.2, 0) is 17.8 Å². The molecule has 0 unspecified atom stereocenters. The Kier molecular flexibility index (Phi) is 8.72. The summed E-state index contributed by atoms with van der Waals surface area (Å²) in [5, 5.41) is 16.9. The van der Waals surface area contributed by atoms with Crippen molar-refractivity contribution in [1.29, 1.82) is 0 Å². The number of carboxylic acid groups (broad SMARTS) is 1. The van der Waals surface area contributed by atoms with Crippen molar-refractivity contribution in [3.05, 3.63) is 82.7 Å². The van der Waals surface area contributed by atoms with Gasteiger partial charge in [0.1, 0.15) is 23.0 Å². The van der Waals surface area contributed by atoms with Crippen LogP contribution in [0.15, 0.2) is 49.1 Å². The number of carboxylic acids is 1. The van der Waals surface area contributed by atoms with Gasteiger partial charge in [-0.25, -0.2) is 37.1 Å². The number of anilines is 2. The molecule has 4 aromatic heterocycles. The van der Waals surface area contributed by atoms with Gasteiger partial charge in [-0.1, -0.05) is 12.1 Å². The van der Waals surface area contributed by atoms with Crippen LogP contribution in [0.1, 0.15) is 88.7 Å². The number of hydrogen-bond acceptors (Lipinski definition) is 9. The first-order valence-corrected chi connectivity index (χ1v) is 16.5. The number of rotatable bonds is 11. The molecule has 4 aliphatic rings. The smallest absolute Gasteiger partial charge is 0.341 e. The molecule has 0 atom stereocenters. The van der Waals surface area contributed by atoms with Gasteiger partial charge in [0.05, 0.1) is 43.2 Å². The summed E-state index contributed by atoms with van der Waals surface area (Å²) < 4.78 is 61.5. The third kappa shape index (κ3) is 7.01. The Morgan fingerprint density at radius 3 is 1.58 bits per heavy atom. The molecular formula is C34H36F4N8O4. The molecule has 2 saturated heterocycles. The molecule has 264 valence electrons. The van der Waals surface area contributed by atoms with Gasteiger partial charge in [-0.05, 0) is 44.7 Å². The number of nitrogens with zero attached hydrogens (tertiary/aromatic N) is 8. The maximum absolute atomic E-state index is 13.5. The molecule has 0 aromatic carbocycles. The van der Waals surface area contributed by atoms with Crippen molar-refractivity contribution in [1.82, 2.24) is 29.5 Å². The Labute approximate surface area is 284 Å². The van der Waals surface area contributed by atoms with E-state index in [4.69, 9.17) is 9.84 Å². The van der Waals surface area contributed by atoms with Crippen LogP contribution in [0.25, 0.3) is 0 Å². The predicted molar refractivity (Wildman–Crippen MR) is 172 cm³/mol. The Balaban J connectivity index is 0.000000157. The number of aromatic carboxylic acids is 1. The first kappa shape index (κ1) is 33.5. The highest BCUT2D eigenvalue weighted by Gasteiger charge is 2.53. The molecule has 50 heavy (non-hydrogen) atoms. The fraction of sp³-hybridized carbons (Fsp3) is 0.471. The van der Waals surface area contributed by atoms with E-state index in [1.165, 1.54) is 59.8 Å². The van der Waals surface area contributed by atoms with Gasteiger partial charge < -0.3 is 19.6 Å². The van der Waals surface area contributed by atoms with E-state index in [2.05, 4.69) is 25.1 Å². The van der Waals surface area contributed by atoms with Crippen molar-refractivity contribution in [3.63, 3.8) is 0 Å². The van der Waals surface area contributed by atoms with Crippen molar-refractivity contribution in [2.45, 2.75) is 58.5 Å². The van der Waals surface area contributed by atoms with Crippen molar-refractivity contribution in [2.75, 3.05) is 42.6 Å². The molecule has 4 aromatic rings. The summed E-state index contributed by atoms with van der Waals surface area (Å²) in [5.41, 5.74) is 1.42. The second kappa shape index (κ2) is 13.0. The maximum atomic E-state index is 13.5. The van der Waals surface area contributed by atoms with E-state index < -0.39 is 24.8 Å². The normalized spacial score (nSPS) is 17.7. The highest BCUT2D eigenvalue weighted by Crippen LogP contribution is 2.54. The summed E-state index contributed by atoms with van der Waals surface area (Å²) in [6.07, 6.45) is 4.91. The standard InChI is InChI=1S/C18H20F2N4O2.C16H16F2N4O2/c1-2-26-17(25)13-7-21-24(9-13)8-12-3-4-14(22-15(12)16(19)20)23-10-18(11-23)5-6-18;17-14(18)13-10(6-22-7-11(5-19-22)15(23)24)1-2-12(20-13)21-8-16(9-21)3-4-16/h3-4,7,9,16H,2,5-6,8,10-11H2,1H3;1-2,5,7,14H,3-4,6,8-9H2,(H,23,24). The van der Waals surface area contributed by atoms with Crippen LogP contribution >= 0.6 is 0 Å². The lowest BCUT2D eigenvalue weighted by Gasteiger charge is -2.41. The Morgan fingerprint density at radius 1 is 0.760 bits per heavy atom. The summed E-state index contributed by atoms with van der Waals surface area (Å²) >= 11 is 0. The molecule has 16 heteroatoms. The number of pyridine rings is 2. The molecule has 4 fully saturated rings. The van der Waals surface area contributed by atoms with Gasteiger partial charge >= 0.3 is 11.9 Å². The molecule has 2 aliphatic carbocycles. The number of hydrogen-bond donors (Lipinski definition) is 1. The zero-order chi connectivity index (χ0) is 35.2. The highest BCUT2D eigenvalue weighted by molar-refractivity contribution is 5.88. The number of esters is 1. The predicted octanol–water partition coefficient (Wildman–Crippen LogP) is 5.60. The molecule has 0 amide bonds. The number of aromatic nitrogens is 6. The zero-order valence-corrected chi connectivity index (χ0v) is 27.3. The number of halogens is 4. The van der Waals surface area contributed by atoms with Crippen molar-refractivity contribution < 1.29 is 37.0 Å². The zero-order valence-electron chi connectivity index (χ0n) is 27.3. The van der Waals surface area contributed by atoms with Crippen molar-refractivity contribution in [3.8, 4) is 0 Å². The molecule has 12 nitrogen and oxygen atoms in total. The average molecular weight is 697 g/mol. The van der Waals surface area contributed by atoms with Gasteiger partial charge in [0.2, 0.25) is 0 Å². The first-order chi connectivity index (χ1) is 23.9. The number of carbonyl (C=O) groups excluding carboxylic acids is 1. The molecule has 2 spiro atoms. The lowest BCUT2D eigenvalue weighted by molar-refractivity contribution is 0.0525. The molecule has 0 bridgehead atoms. The number of carbonyl (C=O) groups is 2. The summed E-state index contributed by atoms with van der Waals surface area (Å²) in [6, 6.07) is 6.83. The second-order valence-electron chi connectivity index (χ2n) is 13.6. The van der Waals surface area contributed by atoms with Crippen LogP contribution in [0, 0.1) is 10.8 Å². The van der Waals surface area contributed by atoms with E-state index in [0.29, 0.717) is 39.2 Å². The molecular weight excluding hydrogens is 660 g/mol. The van der Waals surface area contributed by atoms with Gasteiger partial charge in [0, 0.05) is 60.5 Å². The molecule has 2 saturated carbocycles. The quantitative estimate of drug-likeness (QED) is 0.156. The Hall–Kier alpha value is -5.02. The van der Waals surface area contributed by atoms with Gasteiger partial charge in [0.25, 0.3) is 12.9 Å². The minimum atomic E-state index is -2.69. The fourth-order valence-corrected chi connectivity index (χ4v) is 6.50. The second-order valence-corrected chi connectivity index (χ2v) is 13.6. The monoisotopic (exact) mass is 696 g/mol. The van der Waals surface area contributed by atoms with Crippen LogP contribution in [0.2, 0.25) is 0 Å². The van der Waals surface area contributed by atoms with Crippen LogP contribution in [0.3, 0.4) is 0 Å². The lowest BCUT2D eigenvalue weighted by Crippen LogP contribution is -2.49. The number of alkyl halides is 4. The van der Waals surface area contributed by atoms with Crippen molar-refractivity contribution in [2.24, 2.45) is 10.8 Å². The average Bonchev–Trinajstić information content (AvgIpc) is 3.94. The fourth-order valence-electron chi connectivity index (χ4n) is 6.50. The minimum Gasteiger partial charge on any atom is -0.478 e. The number of ether oxygens (including phenoxy) is 1. The van der Waals surface area contributed by atoms with Crippen LogP contribution in [0.5, 0.6) is 0 Å². The Bertz CT molecular complexity index is 1890. The van der Waals surface area contributed by atoms with E-state index in [1.807, 2.05) is 4.90 Å². The highest BCUT2D eigenvalue weighted by atomic mass is 19.3. The summed E-state index contributed by atoms with van der Waals surface area (Å²) in [6.45, 7) is 5.76. The van der Waals surface area contributed by atoms with Gasteiger partial charge in [0.15, 0.2) is 0 Å². The van der Waals surface area contributed by atoms with Gasteiger partial charge in [-0.3, -0.25) is 9.36 Å². The molecule has 6 heterocycles. The minimum absolute atomic E-state index is 0.0217. The van der Waals surface area contributed by atoms with E-state index in [1.54, 1.807) is 31.2 Å². The van der Waals surface area contributed by atoms with Gasteiger partial charge in [-0.2, -0.15) is 10.2 Å². The molecule has 1 N–H and O–H groups in total. The molecule has 2 aliphatic heterocycles. The third-order valence-electron chi connectivity index (χ3n) is 9.77. The van der Waals surface area contributed by atoms with Crippen LogP contribution < -0.4 is 9.80 Å². The molecule has 8 rings (SSSR count). The van der Waals surface area contributed by atoms with Crippen molar-refractivity contribution >= 4 is 23.6 Å². The lowest BCUT2D eigenvalue weighted by atomic mass is 9.97. The maximum Gasteiger partial charge on any atom is 0.341 e. The Morgan fingerprint density at radius 2 is 1.20 bits per heavy atom. The van der Waals surface area contributed by atoms with E-state index >= 15 is 0 Å². The summed E-state index contributed by atoms with van der Waals surface area (Å²) in [5.74, 6) is -0.392. The molecule has 0 radical (unpaired) electrons. The SMILES string of the molecule is CCOC(=O)c1cnn(Cc2ccc(N3CC4(CC4)C3)nc2C(F)F)c1.O=C(O)c1cnn(Cc2ccc(N3CC4(CC4)C3)nc2C(F)F)c1. The van der Waals surface area contributed by atoms with Crippen LogP contribution in [-0.4, -0.2) is 79.4 Å². The largest absolute Gasteiger partial charge is 0.478 e. The van der Waals surface area contributed by atoms with Crippen LogP contribution in [0.4, 0.5) is 29.2 Å². The third-order valence-corrected chi connectivity index (χ3v) is 9.77. The summed E-state index contributed by atoms with van der Waals surface area (Å²) in [4.78, 5) is 35.0. The van der Waals surface area contributed by atoms with E-state index in [-0.39, 0.29) is 36.6 Å². The summed E-state index contributed by atoms with van der Waals surface area (Å²) in [7, 11) is 0. The topological polar surface area (TPSA) is 132 Å². The first-order valence-electron chi connectivity index (χ1n) is 16.5. The van der Waals surface area contributed by atoms with E-state index in [9.17, 15) is 27.2 Å². The van der Waals surface area contributed by atoms with E-state index in [0.717, 1.165) is 26.2 Å². The van der Waals surface area contributed by atoms with Gasteiger partial charge in [-0.15, -0.1) is 0 Å².